The molecule has 2 aromatic carbocycles. The largest absolute Gasteiger partial charge is 0.495 e. The number of anilines is 2. The zero-order valence-corrected chi connectivity index (χ0v) is 15.4. The number of aryl methyl sites for hydroxylation is 1. The van der Waals surface area contributed by atoms with Crippen molar-refractivity contribution in [1.82, 2.24) is 4.90 Å². The Labute approximate surface area is 154 Å². The van der Waals surface area contributed by atoms with Crippen LogP contribution in [0.25, 0.3) is 0 Å². The summed E-state index contributed by atoms with van der Waals surface area (Å²) in [6, 6.07) is 15.0. The highest BCUT2D eigenvalue weighted by Crippen LogP contribution is 2.22. The number of para-hydroxylation sites is 2. The molecule has 0 heterocycles. The van der Waals surface area contributed by atoms with Crippen LogP contribution in [0.3, 0.4) is 0 Å². The van der Waals surface area contributed by atoms with E-state index in [0.717, 1.165) is 11.3 Å². The predicted octanol–water partition coefficient (Wildman–Crippen LogP) is 2.77. The molecule has 0 spiro atoms. The maximum atomic E-state index is 12.1. The van der Waals surface area contributed by atoms with E-state index in [1.807, 2.05) is 36.4 Å². The van der Waals surface area contributed by atoms with Crippen molar-refractivity contribution in [3.8, 4) is 5.75 Å². The summed E-state index contributed by atoms with van der Waals surface area (Å²) in [5.41, 5.74) is 2.58. The normalized spacial score (nSPS) is 10.1. The Morgan fingerprint density at radius 3 is 2.38 bits per heavy atom. The van der Waals surface area contributed by atoms with Gasteiger partial charge in [0.2, 0.25) is 11.8 Å². The third-order valence-corrected chi connectivity index (χ3v) is 3.91. The zero-order chi connectivity index (χ0) is 18.9. The first-order valence-electron chi connectivity index (χ1n) is 8.45. The Morgan fingerprint density at radius 1 is 1.04 bits per heavy atom. The van der Waals surface area contributed by atoms with Crippen molar-refractivity contribution in [2.24, 2.45) is 0 Å². The van der Waals surface area contributed by atoms with Crippen molar-refractivity contribution in [2.75, 3.05) is 38.4 Å². The van der Waals surface area contributed by atoms with Gasteiger partial charge in [0.1, 0.15) is 5.75 Å². The second-order valence-electron chi connectivity index (χ2n) is 6.09. The average molecular weight is 355 g/mol. The highest BCUT2D eigenvalue weighted by atomic mass is 16.5. The Bertz CT molecular complexity index is 742. The average Bonchev–Trinajstić information content (AvgIpc) is 2.65. The number of ether oxygens (including phenoxy) is 1. The highest BCUT2D eigenvalue weighted by Gasteiger charge is 2.07. The number of amides is 2. The number of hydrogen-bond donors (Lipinski definition) is 2. The first-order chi connectivity index (χ1) is 12.5. The van der Waals surface area contributed by atoms with Crippen LogP contribution in [0, 0.1) is 0 Å². The van der Waals surface area contributed by atoms with Crippen LogP contribution in [-0.2, 0) is 16.0 Å². The van der Waals surface area contributed by atoms with Gasteiger partial charge in [-0.3, -0.25) is 9.59 Å². The van der Waals surface area contributed by atoms with Crippen molar-refractivity contribution in [3.63, 3.8) is 0 Å². The Kier molecular flexibility index (Phi) is 7.02. The minimum atomic E-state index is -0.157. The smallest absolute Gasteiger partial charge is 0.243 e. The van der Waals surface area contributed by atoms with E-state index < -0.39 is 0 Å². The van der Waals surface area contributed by atoms with Gasteiger partial charge in [-0.1, -0.05) is 24.3 Å². The van der Waals surface area contributed by atoms with Gasteiger partial charge in [0.05, 0.1) is 19.3 Å². The van der Waals surface area contributed by atoms with Crippen LogP contribution >= 0.6 is 0 Å². The first kappa shape index (κ1) is 19.3. The van der Waals surface area contributed by atoms with Crippen LogP contribution < -0.4 is 15.4 Å². The quantitative estimate of drug-likeness (QED) is 0.764. The molecule has 0 atom stereocenters. The SMILES string of the molecule is COc1ccccc1NC(=O)CNc1ccc(CCC(=O)N(C)C)cc1. The molecule has 2 amide bonds. The lowest BCUT2D eigenvalue weighted by atomic mass is 10.1. The molecule has 2 N–H and O–H groups in total. The monoisotopic (exact) mass is 355 g/mol. The fourth-order valence-electron chi connectivity index (χ4n) is 2.39. The van der Waals surface area contributed by atoms with E-state index in [1.165, 1.54) is 0 Å². The molecule has 0 fully saturated rings. The molecule has 138 valence electrons. The molecule has 0 aliphatic heterocycles. The molecular formula is C20H25N3O3. The van der Waals surface area contributed by atoms with Crippen LogP contribution in [-0.4, -0.2) is 44.5 Å². The van der Waals surface area contributed by atoms with E-state index in [0.29, 0.717) is 24.3 Å². The summed E-state index contributed by atoms with van der Waals surface area (Å²) < 4.78 is 5.21. The van der Waals surface area contributed by atoms with Crippen LogP contribution in [0.4, 0.5) is 11.4 Å². The molecule has 0 aliphatic carbocycles. The fraction of sp³-hybridized carbons (Fsp3) is 0.300. The van der Waals surface area contributed by atoms with E-state index in [1.54, 1.807) is 38.2 Å². The lowest BCUT2D eigenvalue weighted by Gasteiger charge is -2.12. The van der Waals surface area contributed by atoms with Gasteiger partial charge < -0.3 is 20.3 Å². The number of carbonyl (C=O) groups is 2. The maximum Gasteiger partial charge on any atom is 0.243 e. The fourth-order valence-corrected chi connectivity index (χ4v) is 2.39. The third kappa shape index (κ3) is 5.81. The molecule has 26 heavy (non-hydrogen) atoms. The Hall–Kier alpha value is -3.02. The molecule has 0 aliphatic rings. The lowest BCUT2D eigenvalue weighted by Crippen LogP contribution is -2.22. The molecule has 0 saturated heterocycles. The maximum absolute atomic E-state index is 12.1. The number of carbonyl (C=O) groups excluding carboxylic acids is 2. The zero-order valence-electron chi connectivity index (χ0n) is 15.4. The van der Waals surface area contributed by atoms with E-state index in [2.05, 4.69) is 10.6 Å². The number of methoxy groups -OCH3 is 1. The van der Waals surface area contributed by atoms with Gasteiger partial charge in [0.15, 0.2) is 0 Å². The summed E-state index contributed by atoms with van der Waals surface area (Å²) in [7, 11) is 5.08. The Morgan fingerprint density at radius 2 is 1.73 bits per heavy atom. The first-order valence-corrected chi connectivity index (χ1v) is 8.45. The molecule has 6 nitrogen and oxygen atoms in total. The number of nitrogens with zero attached hydrogens (tertiary/aromatic N) is 1. The second-order valence-corrected chi connectivity index (χ2v) is 6.09. The third-order valence-electron chi connectivity index (χ3n) is 3.91. The van der Waals surface area contributed by atoms with E-state index in [9.17, 15) is 9.59 Å². The molecule has 0 saturated carbocycles. The highest BCUT2D eigenvalue weighted by molar-refractivity contribution is 5.95. The summed E-state index contributed by atoms with van der Waals surface area (Å²) in [5, 5.41) is 5.90. The van der Waals surface area contributed by atoms with Gasteiger partial charge in [-0.2, -0.15) is 0 Å². The Balaban J connectivity index is 1.82. The summed E-state index contributed by atoms with van der Waals surface area (Å²) >= 11 is 0. The van der Waals surface area contributed by atoms with Crippen molar-refractivity contribution in [1.29, 1.82) is 0 Å². The number of rotatable bonds is 8. The number of hydrogen-bond acceptors (Lipinski definition) is 4. The van der Waals surface area contributed by atoms with E-state index in [-0.39, 0.29) is 18.4 Å². The minimum absolute atomic E-state index is 0.111. The molecule has 2 rings (SSSR count). The molecule has 0 radical (unpaired) electrons. The molecule has 2 aromatic rings. The van der Waals surface area contributed by atoms with Gasteiger partial charge in [-0.15, -0.1) is 0 Å². The molecule has 6 heteroatoms. The van der Waals surface area contributed by atoms with E-state index >= 15 is 0 Å². The summed E-state index contributed by atoms with van der Waals surface area (Å²) in [5.74, 6) is 0.577. The lowest BCUT2D eigenvalue weighted by molar-refractivity contribution is -0.128. The molecule has 0 unspecified atom stereocenters. The van der Waals surface area contributed by atoms with Crippen molar-refractivity contribution >= 4 is 23.2 Å². The van der Waals surface area contributed by atoms with Crippen LogP contribution in [0.15, 0.2) is 48.5 Å². The molecular weight excluding hydrogens is 330 g/mol. The standard InChI is InChI=1S/C20H25N3O3/c1-23(2)20(25)13-10-15-8-11-16(12-9-15)21-14-19(24)22-17-6-4-5-7-18(17)26-3/h4-9,11-12,21H,10,13-14H2,1-3H3,(H,22,24). The predicted molar refractivity (Wildman–Crippen MR) is 104 cm³/mol. The summed E-state index contributed by atoms with van der Waals surface area (Å²) in [4.78, 5) is 25.3. The topological polar surface area (TPSA) is 70.7 Å². The summed E-state index contributed by atoms with van der Waals surface area (Å²) in [6.07, 6.45) is 1.19. The van der Waals surface area contributed by atoms with Crippen LogP contribution in [0.5, 0.6) is 5.75 Å². The van der Waals surface area contributed by atoms with Gasteiger partial charge in [-0.25, -0.2) is 0 Å². The van der Waals surface area contributed by atoms with Crippen molar-refractivity contribution in [3.05, 3.63) is 54.1 Å². The van der Waals surface area contributed by atoms with E-state index in [4.69, 9.17) is 4.74 Å². The number of benzene rings is 2. The van der Waals surface area contributed by atoms with Gasteiger partial charge in [0.25, 0.3) is 0 Å². The van der Waals surface area contributed by atoms with Crippen LogP contribution in [0.2, 0.25) is 0 Å². The van der Waals surface area contributed by atoms with Crippen molar-refractivity contribution < 1.29 is 14.3 Å². The molecule has 0 bridgehead atoms. The minimum Gasteiger partial charge on any atom is -0.495 e. The van der Waals surface area contributed by atoms with Crippen molar-refractivity contribution in [2.45, 2.75) is 12.8 Å². The van der Waals surface area contributed by atoms with Gasteiger partial charge in [-0.05, 0) is 36.2 Å². The van der Waals surface area contributed by atoms with Gasteiger partial charge in [0, 0.05) is 26.2 Å². The molecule has 0 aromatic heterocycles. The van der Waals surface area contributed by atoms with Gasteiger partial charge >= 0.3 is 0 Å². The second kappa shape index (κ2) is 9.46. The number of nitrogens with one attached hydrogen (secondary N) is 2. The summed E-state index contributed by atoms with van der Waals surface area (Å²) in [6.45, 7) is 0.149. The van der Waals surface area contributed by atoms with Crippen LogP contribution in [0.1, 0.15) is 12.0 Å².